The molecule has 0 saturated heterocycles. The summed E-state index contributed by atoms with van der Waals surface area (Å²) in [6, 6.07) is 0. The maximum absolute atomic E-state index is 2.27. The highest BCUT2D eigenvalue weighted by Crippen LogP contribution is 2.16. The maximum atomic E-state index is 2.27. The standard InChI is InChI=1S/C6H12.C6H10.2C6H8.C5H10.C5H8.C4H8.C3H6/c4*1-2-4-6-5-3-1;2*1-2-4-5-3-1;1-2-4-3-1;1-2-3-1/h1-6H2;1-2H,3-6H2;1-2,5-6H,3-4H2;1-4H,5-6H2;1-5H2;1-2H,3-5H2;1-4H2;1-3H2. The monoisotopic (exact) mass is 563 g/mol. The Bertz CT molecular complexity index is 582. The van der Waals surface area contributed by atoms with Crippen molar-refractivity contribution < 1.29 is 0 Å². The molecule has 0 bridgehead atoms. The van der Waals surface area contributed by atoms with E-state index in [0.29, 0.717) is 0 Å². The normalized spacial score (nSPS) is 21.7. The Morgan fingerprint density at radius 2 is 0.415 bits per heavy atom. The van der Waals surface area contributed by atoms with Crippen LogP contribution in [0.2, 0.25) is 0 Å². The number of allylic oxidation sites excluding steroid dienone is 12. The fourth-order valence-electron chi connectivity index (χ4n) is 4.63. The zero-order chi connectivity index (χ0) is 29.0. The SMILES string of the molecule is C1=CCC=CC1.C1=CCCC1.C1=CCCC=C1.C1=CCCCC1.C1CC1.C1CCC1.C1CCCC1.C1CCCCC1. The molecule has 8 aliphatic carbocycles. The highest BCUT2D eigenvalue weighted by molar-refractivity contribution is 5.07. The summed E-state index contributed by atoms with van der Waals surface area (Å²) in [6.45, 7) is 0. The average molecular weight is 563 g/mol. The van der Waals surface area contributed by atoms with Gasteiger partial charge in [-0.1, -0.05) is 188 Å². The van der Waals surface area contributed by atoms with Gasteiger partial charge in [-0.25, -0.2) is 0 Å². The van der Waals surface area contributed by atoms with E-state index in [4.69, 9.17) is 0 Å². The summed E-state index contributed by atoms with van der Waals surface area (Å²) >= 11 is 0. The van der Waals surface area contributed by atoms with Crippen LogP contribution < -0.4 is 0 Å². The third kappa shape index (κ3) is 36.4. The van der Waals surface area contributed by atoms with Crippen molar-refractivity contribution in [1.29, 1.82) is 0 Å². The highest BCUT2D eigenvalue weighted by atomic mass is 14.0. The number of hydrogen-bond acceptors (Lipinski definition) is 0. The zero-order valence-corrected chi connectivity index (χ0v) is 27.4. The minimum absolute atomic E-state index is 1.14. The molecule has 0 N–H and O–H groups in total. The molecular weight excluding hydrogens is 492 g/mol. The first kappa shape index (κ1) is 37.5. The van der Waals surface area contributed by atoms with Crippen LogP contribution in [-0.4, -0.2) is 0 Å². The molecule has 0 aromatic carbocycles. The molecule has 0 heterocycles. The lowest BCUT2D eigenvalue weighted by Crippen LogP contribution is -1.85. The average Bonchev–Trinajstić information content (AvgIpc) is 3.53. The van der Waals surface area contributed by atoms with Crippen molar-refractivity contribution in [3.8, 4) is 0 Å². The Morgan fingerprint density at radius 3 is 0.537 bits per heavy atom. The van der Waals surface area contributed by atoms with Crippen molar-refractivity contribution >= 4 is 0 Å². The van der Waals surface area contributed by atoms with E-state index in [9.17, 15) is 0 Å². The van der Waals surface area contributed by atoms with Crippen LogP contribution in [0, 0.1) is 0 Å². The van der Waals surface area contributed by atoms with Gasteiger partial charge in [0.05, 0.1) is 0 Å². The van der Waals surface area contributed by atoms with E-state index in [1.807, 2.05) is 0 Å². The van der Waals surface area contributed by atoms with Gasteiger partial charge < -0.3 is 0 Å². The molecule has 234 valence electrons. The van der Waals surface area contributed by atoms with Gasteiger partial charge in [-0.15, -0.1) is 0 Å². The van der Waals surface area contributed by atoms with Crippen LogP contribution in [0.4, 0.5) is 0 Å². The van der Waals surface area contributed by atoms with Crippen molar-refractivity contribution in [1.82, 2.24) is 0 Å². The maximum Gasteiger partial charge on any atom is -0.0169 e. The quantitative estimate of drug-likeness (QED) is 0.258. The molecule has 0 radical (unpaired) electrons. The minimum atomic E-state index is 1.14. The first-order valence-electron chi connectivity index (χ1n) is 18.4. The molecule has 0 aromatic heterocycles. The largest absolute Gasteiger partial charge is 0.0885 e. The predicted molar refractivity (Wildman–Crippen MR) is 189 cm³/mol. The van der Waals surface area contributed by atoms with E-state index >= 15 is 0 Å². The Labute approximate surface area is 258 Å². The van der Waals surface area contributed by atoms with Gasteiger partial charge in [0.25, 0.3) is 0 Å². The molecule has 0 aliphatic heterocycles. The van der Waals surface area contributed by atoms with Crippen LogP contribution in [0.1, 0.15) is 186 Å². The smallest absolute Gasteiger partial charge is 0.0169 e. The van der Waals surface area contributed by atoms with Crippen molar-refractivity contribution in [2.75, 3.05) is 0 Å². The lowest BCUT2D eigenvalue weighted by Gasteiger charge is -2.05. The summed E-state index contributed by atoms with van der Waals surface area (Å²) in [7, 11) is 0. The van der Waals surface area contributed by atoms with E-state index < -0.39 is 0 Å². The lowest BCUT2D eigenvalue weighted by atomic mass is 10.0. The molecule has 0 atom stereocenters. The Balaban J connectivity index is 0.000000236. The Hall–Kier alpha value is -1.56. The summed E-state index contributed by atoms with van der Waals surface area (Å²) in [4.78, 5) is 0. The van der Waals surface area contributed by atoms with Gasteiger partial charge in [0.1, 0.15) is 0 Å². The topological polar surface area (TPSA) is 0 Å². The first-order chi connectivity index (χ1) is 20.5. The molecule has 0 heteroatoms. The second-order valence-electron chi connectivity index (χ2n) is 12.4. The molecule has 0 nitrogen and oxygen atoms in total. The van der Waals surface area contributed by atoms with Crippen molar-refractivity contribution in [2.24, 2.45) is 0 Å². The molecule has 0 aromatic rings. The molecule has 4 fully saturated rings. The predicted octanol–water partition coefficient (Wildman–Crippen LogP) is 14.7. The van der Waals surface area contributed by atoms with Crippen molar-refractivity contribution in [2.45, 2.75) is 186 Å². The number of rotatable bonds is 0. The third-order valence-electron chi connectivity index (χ3n) is 7.93. The van der Waals surface area contributed by atoms with Gasteiger partial charge in [-0.05, 0) is 70.6 Å². The highest BCUT2D eigenvalue weighted by Gasteiger charge is 1.96. The van der Waals surface area contributed by atoms with Crippen molar-refractivity contribution in [3.63, 3.8) is 0 Å². The summed E-state index contributed by atoms with van der Waals surface area (Å²) in [6.07, 6.45) is 67.5. The van der Waals surface area contributed by atoms with Gasteiger partial charge in [0.2, 0.25) is 0 Å². The lowest BCUT2D eigenvalue weighted by molar-refractivity contribution is 0.504. The summed E-state index contributed by atoms with van der Waals surface area (Å²) in [5, 5.41) is 0. The van der Waals surface area contributed by atoms with Gasteiger partial charge in [-0.3, -0.25) is 0 Å². The zero-order valence-electron chi connectivity index (χ0n) is 27.4. The van der Waals surface area contributed by atoms with Crippen LogP contribution in [-0.2, 0) is 0 Å². The van der Waals surface area contributed by atoms with Gasteiger partial charge in [-0.2, -0.15) is 0 Å². The Kier molecular flexibility index (Phi) is 31.7. The van der Waals surface area contributed by atoms with E-state index in [0.717, 1.165) is 12.8 Å². The van der Waals surface area contributed by atoms with Crippen molar-refractivity contribution in [3.05, 3.63) is 72.9 Å². The fraction of sp³-hybridized carbons (Fsp3) is 0.707. The van der Waals surface area contributed by atoms with Gasteiger partial charge in [0, 0.05) is 0 Å². The summed E-state index contributed by atoms with van der Waals surface area (Å²) in [5.74, 6) is 0. The van der Waals surface area contributed by atoms with E-state index in [-0.39, 0.29) is 0 Å². The summed E-state index contributed by atoms with van der Waals surface area (Å²) in [5.41, 5.74) is 0. The minimum Gasteiger partial charge on any atom is -0.0885 e. The molecular formula is C41H70. The number of hydrogen-bond donors (Lipinski definition) is 0. The fourth-order valence-corrected chi connectivity index (χ4v) is 4.63. The second kappa shape index (κ2) is 34.6. The second-order valence-corrected chi connectivity index (χ2v) is 12.4. The van der Waals surface area contributed by atoms with Gasteiger partial charge >= 0.3 is 0 Å². The van der Waals surface area contributed by atoms with Crippen LogP contribution >= 0.6 is 0 Å². The van der Waals surface area contributed by atoms with E-state index in [1.54, 1.807) is 0 Å². The van der Waals surface area contributed by atoms with Crippen LogP contribution in [0.15, 0.2) is 72.9 Å². The molecule has 0 unspecified atom stereocenters. The summed E-state index contributed by atoms with van der Waals surface area (Å²) < 4.78 is 0. The molecule has 0 spiro atoms. The molecule has 8 aliphatic rings. The van der Waals surface area contributed by atoms with E-state index in [1.165, 1.54) is 173 Å². The molecule has 0 amide bonds. The van der Waals surface area contributed by atoms with Crippen LogP contribution in [0.3, 0.4) is 0 Å². The first-order valence-corrected chi connectivity index (χ1v) is 18.4. The molecule has 4 saturated carbocycles. The Morgan fingerprint density at radius 1 is 0.171 bits per heavy atom. The molecule has 41 heavy (non-hydrogen) atoms. The van der Waals surface area contributed by atoms with Gasteiger partial charge in [0.15, 0.2) is 0 Å². The third-order valence-corrected chi connectivity index (χ3v) is 7.93. The van der Waals surface area contributed by atoms with Crippen LogP contribution in [0.5, 0.6) is 0 Å². The van der Waals surface area contributed by atoms with Crippen LogP contribution in [0.25, 0.3) is 0 Å². The molecule has 8 rings (SSSR count). The van der Waals surface area contributed by atoms with E-state index in [2.05, 4.69) is 72.9 Å².